The van der Waals surface area contributed by atoms with Crippen molar-refractivity contribution >= 4 is 61.4 Å². The van der Waals surface area contributed by atoms with Crippen LogP contribution in [-0.4, -0.2) is 4.57 Å². The van der Waals surface area contributed by atoms with Crippen LogP contribution in [0.3, 0.4) is 0 Å². The summed E-state index contributed by atoms with van der Waals surface area (Å²) < 4.78 is 2.39. The van der Waals surface area contributed by atoms with Crippen molar-refractivity contribution < 1.29 is 0 Å². The van der Waals surface area contributed by atoms with Crippen LogP contribution in [0.2, 0.25) is 0 Å². The van der Waals surface area contributed by atoms with E-state index in [1.54, 1.807) is 0 Å². The van der Waals surface area contributed by atoms with Crippen molar-refractivity contribution in [1.82, 2.24) is 4.57 Å². The molecule has 1 aromatic heterocycles. The van der Waals surface area contributed by atoms with Crippen molar-refractivity contribution in [3.8, 4) is 27.9 Å². The molecule has 62 heavy (non-hydrogen) atoms. The Labute approximate surface area is 365 Å². The molecule has 0 fully saturated rings. The van der Waals surface area contributed by atoms with Gasteiger partial charge in [-0.25, -0.2) is 0 Å². The molecule has 10 aromatic carbocycles. The summed E-state index contributed by atoms with van der Waals surface area (Å²) in [5.74, 6) is 0. The molecule has 11 aromatic rings. The molecule has 2 heterocycles. The lowest BCUT2D eigenvalue weighted by Crippen LogP contribution is -2.32. The zero-order chi connectivity index (χ0) is 40.8. The summed E-state index contributed by atoms with van der Waals surface area (Å²) in [6.07, 6.45) is 0. The average Bonchev–Trinajstić information content (AvgIpc) is 3.83. The Morgan fingerprint density at radius 2 is 0.935 bits per heavy atom. The van der Waals surface area contributed by atoms with E-state index in [0.29, 0.717) is 0 Å². The lowest BCUT2D eigenvalue weighted by atomic mass is 9.66. The molecule has 0 amide bonds. The Morgan fingerprint density at radius 3 is 1.71 bits per heavy atom. The molecule has 1 aliphatic carbocycles. The minimum absolute atomic E-state index is 0.532. The summed E-state index contributed by atoms with van der Waals surface area (Å²) in [5, 5.41) is 5.01. The summed E-state index contributed by atoms with van der Waals surface area (Å²) in [4.78, 5) is 5.07. The first-order valence-corrected chi connectivity index (χ1v) is 22.2. The van der Waals surface area contributed by atoms with Gasteiger partial charge < -0.3 is 9.47 Å². The van der Waals surface area contributed by atoms with Crippen molar-refractivity contribution in [2.24, 2.45) is 0 Å². The van der Waals surface area contributed by atoms with Gasteiger partial charge in [-0.3, -0.25) is 0 Å². The molecular weight excluding hydrogens is 769 g/mol. The van der Waals surface area contributed by atoms with Gasteiger partial charge >= 0.3 is 0 Å². The first kappa shape index (κ1) is 35.2. The molecule has 0 atom stereocenters. The second kappa shape index (κ2) is 13.7. The van der Waals surface area contributed by atoms with E-state index in [2.05, 4.69) is 240 Å². The molecule has 290 valence electrons. The van der Waals surface area contributed by atoms with E-state index in [1.807, 2.05) is 11.8 Å². The molecule has 2 aliphatic rings. The fraction of sp³-hybridized carbons (Fsp3) is 0.0169. The van der Waals surface area contributed by atoms with Gasteiger partial charge in [0.2, 0.25) is 0 Å². The van der Waals surface area contributed by atoms with Crippen LogP contribution in [0, 0.1) is 0 Å². The van der Waals surface area contributed by atoms with Crippen molar-refractivity contribution in [3.05, 3.63) is 253 Å². The number of benzene rings is 10. The van der Waals surface area contributed by atoms with Crippen molar-refractivity contribution in [3.63, 3.8) is 0 Å². The van der Waals surface area contributed by atoms with E-state index in [1.165, 1.54) is 86.9 Å². The highest BCUT2D eigenvalue weighted by Gasteiger charge is 2.51. The summed E-state index contributed by atoms with van der Waals surface area (Å²) in [5.41, 5.74) is 16.7. The predicted molar refractivity (Wildman–Crippen MR) is 260 cm³/mol. The summed E-state index contributed by atoms with van der Waals surface area (Å²) in [6, 6.07) is 85.4. The minimum Gasteiger partial charge on any atom is -0.310 e. The molecule has 0 radical (unpaired) electrons. The van der Waals surface area contributed by atoms with Crippen LogP contribution in [0.25, 0.3) is 60.5 Å². The second-order valence-electron chi connectivity index (χ2n) is 16.4. The zero-order valence-electron chi connectivity index (χ0n) is 33.7. The fourth-order valence-corrected chi connectivity index (χ4v) is 11.8. The van der Waals surface area contributed by atoms with Gasteiger partial charge in [-0.05, 0) is 128 Å². The van der Waals surface area contributed by atoms with E-state index in [0.717, 1.165) is 22.7 Å². The number of anilines is 3. The van der Waals surface area contributed by atoms with Crippen molar-refractivity contribution in [2.75, 3.05) is 4.90 Å². The van der Waals surface area contributed by atoms with Crippen LogP contribution in [0.4, 0.5) is 17.1 Å². The van der Waals surface area contributed by atoms with Crippen molar-refractivity contribution in [2.45, 2.75) is 15.2 Å². The lowest BCUT2D eigenvalue weighted by Gasteiger charge is -2.40. The number of hydrogen-bond acceptors (Lipinski definition) is 2. The zero-order valence-corrected chi connectivity index (χ0v) is 34.6. The van der Waals surface area contributed by atoms with Gasteiger partial charge in [0.15, 0.2) is 0 Å². The largest absolute Gasteiger partial charge is 0.310 e. The second-order valence-corrected chi connectivity index (χ2v) is 17.5. The molecule has 1 spiro atoms. The molecule has 0 saturated carbocycles. The Bertz CT molecular complexity index is 3500. The summed E-state index contributed by atoms with van der Waals surface area (Å²) in [7, 11) is 0. The molecule has 0 bridgehead atoms. The van der Waals surface area contributed by atoms with Crippen LogP contribution in [0.1, 0.15) is 22.3 Å². The average molecular weight is 807 g/mol. The Balaban J connectivity index is 1.09. The van der Waals surface area contributed by atoms with Gasteiger partial charge in [-0.2, -0.15) is 0 Å². The summed E-state index contributed by atoms with van der Waals surface area (Å²) in [6.45, 7) is 0. The minimum atomic E-state index is -0.532. The fourth-order valence-electron chi connectivity index (χ4n) is 10.6. The van der Waals surface area contributed by atoms with E-state index in [-0.39, 0.29) is 0 Å². The van der Waals surface area contributed by atoms with Crippen LogP contribution in [0.15, 0.2) is 240 Å². The molecule has 0 N–H and O–H groups in total. The van der Waals surface area contributed by atoms with Gasteiger partial charge in [0.1, 0.15) is 0 Å². The molecular formula is C59H38N2S. The monoisotopic (exact) mass is 806 g/mol. The Hall–Kier alpha value is -7.59. The van der Waals surface area contributed by atoms with Crippen LogP contribution in [-0.2, 0) is 5.41 Å². The Morgan fingerprint density at radius 1 is 0.371 bits per heavy atom. The standard InChI is InChI=1S/C59H38N2S/c1-3-15-39(16-4-1)40-27-30-43(31-28-40)60(44-33-36-55-50(37-44)48-21-9-12-24-54(48)61(55)42-18-5-2-6-19-42)45-32-35-47-49-34-29-41-17-7-8-20-46(41)58(49)59(53(47)38-45)51-22-10-13-25-56(51)62-57-26-14-11-23-52(57)59/h1-38H. The number of para-hydroxylation sites is 2. The Kier molecular flexibility index (Phi) is 7.79. The first-order valence-electron chi connectivity index (χ1n) is 21.3. The summed E-state index contributed by atoms with van der Waals surface area (Å²) >= 11 is 1.89. The topological polar surface area (TPSA) is 8.17 Å². The molecule has 1 aliphatic heterocycles. The van der Waals surface area contributed by atoms with Crippen LogP contribution >= 0.6 is 11.8 Å². The van der Waals surface area contributed by atoms with Crippen LogP contribution in [0.5, 0.6) is 0 Å². The molecule has 3 heteroatoms. The van der Waals surface area contributed by atoms with E-state index >= 15 is 0 Å². The van der Waals surface area contributed by atoms with Gasteiger partial charge in [0.25, 0.3) is 0 Å². The van der Waals surface area contributed by atoms with E-state index in [4.69, 9.17) is 0 Å². The lowest BCUT2D eigenvalue weighted by molar-refractivity contribution is 0.728. The molecule has 0 saturated heterocycles. The predicted octanol–water partition coefficient (Wildman–Crippen LogP) is 15.9. The number of nitrogens with zero attached hydrogens (tertiary/aromatic N) is 2. The van der Waals surface area contributed by atoms with Crippen molar-refractivity contribution in [1.29, 1.82) is 0 Å². The smallest absolute Gasteiger partial charge is 0.0742 e. The van der Waals surface area contributed by atoms with Gasteiger partial charge in [0, 0.05) is 43.3 Å². The third kappa shape index (κ3) is 5.06. The maximum absolute atomic E-state index is 2.51. The molecule has 0 unspecified atom stereocenters. The third-order valence-electron chi connectivity index (χ3n) is 13.2. The van der Waals surface area contributed by atoms with Crippen LogP contribution < -0.4 is 4.90 Å². The molecule has 2 nitrogen and oxygen atoms in total. The van der Waals surface area contributed by atoms with E-state index in [9.17, 15) is 0 Å². The highest BCUT2D eigenvalue weighted by molar-refractivity contribution is 7.99. The maximum Gasteiger partial charge on any atom is 0.0742 e. The maximum atomic E-state index is 2.51. The van der Waals surface area contributed by atoms with Gasteiger partial charge in [-0.15, -0.1) is 0 Å². The molecule has 13 rings (SSSR count). The number of hydrogen-bond donors (Lipinski definition) is 0. The van der Waals surface area contributed by atoms with Gasteiger partial charge in [0.05, 0.1) is 16.4 Å². The third-order valence-corrected chi connectivity index (χ3v) is 14.4. The number of rotatable bonds is 5. The quantitative estimate of drug-likeness (QED) is 0.171. The normalized spacial score (nSPS) is 13.2. The SMILES string of the molecule is c1ccc(-c2ccc(N(c3ccc4c(c3)C3(c5ccccc5Sc5ccccc53)c3c-4ccc4ccccc34)c3ccc4c(c3)c3ccccc3n4-c3ccccc3)cc2)cc1. The number of fused-ring (bicyclic) bond motifs is 14. The number of aromatic nitrogens is 1. The van der Waals surface area contributed by atoms with Gasteiger partial charge in [-0.1, -0.05) is 169 Å². The highest BCUT2D eigenvalue weighted by atomic mass is 32.2. The first-order chi connectivity index (χ1) is 30.8. The highest BCUT2D eigenvalue weighted by Crippen LogP contribution is 2.64. The van der Waals surface area contributed by atoms with E-state index < -0.39 is 5.41 Å².